The average molecular weight is 367 g/mol. The summed E-state index contributed by atoms with van der Waals surface area (Å²) in [6.07, 6.45) is 0. The number of rotatable bonds is 6. The molecule has 0 saturated heterocycles. The summed E-state index contributed by atoms with van der Waals surface area (Å²) in [6, 6.07) is 15.1. The second kappa shape index (κ2) is 8.10. The summed E-state index contributed by atoms with van der Waals surface area (Å²) in [5.74, 6) is -0.297. The molecule has 0 saturated carbocycles. The highest BCUT2D eigenvalue weighted by molar-refractivity contribution is 7.13. The van der Waals surface area contributed by atoms with E-state index in [2.05, 4.69) is 10.4 Å². The third-order valence-electron chi connectivity index (χ3n) is 4.23. The fourth-order valence-electron chi connectivity index (χ4n) is 2.61. The number of hydrogen-bond donors (Lipinski definition) is 1. The molecule has 1 N–H and O–H groups in total. The van der Waals surface area contributed by atoms with Crippen molar-refractivity contribution in [2.75, 3.05) is 6.54 Å². The highest BCUT2D eigenvalue weighted by atomic mass is 32.1. The summed E-state index contributed by atoms with van der Waals surface area (Å²) in [7, 11) is 0. The third kappa shape index (κ3) is 4.26. The molecule has 2 heterocycles. The molecule has 0 bridgehead atoms. The van der Waals surface area contributed by atoms with Gasteiger partial charge in [-0.25, -0.2) is 4.68 Å². The maximum Gasteiger partial charge on any atom is 0.266 e. The maximum absolute atomic E-state index is 12.3. The molecular weight excluding hydrogens is 346 g/mol. The van der Waals surface area contributed by atoms with E-state index in [0.29, 0.717) is 13.1 Å². The second-order valence-electron chi connectivity index (χ2n) is 6.18. The van der Waals surface area contributed by atoms with Gasteiger partial charge in [0.2, 0.25) is 5.91 Å². The summed E-state index contributed by atoms with van der Waals surface area (Å²) >= 11 is 1.57. The lowest BCUT2D eigenvalue weighted by molar-refractivity contribution is -0.122. The van der Waals surface area contributed by atoms with Gasteiger partial charge in [0, 0.05) is 12.6 Å². The van der Waals surface area contributed by atoms with E-state index in [1.165, 1.54) is 10.7 Å². The molecule has 0 aliphatic carbocycles. The number of aryl methyl sites for hydroxylation is 1. The van der Waals surface area contributed by atoms with Gasteiger partial charge in [-0.1, -0.05) is 35.9 Å². The number of thiophene rings is 1. The highest BCUT2D eigenvalue weighted by Gasteiger charge is 2.14. The van der Waals surface area contributed by atoms with E-state index in [1.807, 2.05) is 55.6 Å². The predicted octanol–water partition coefficient (Wildman–Crippen LogP) is 3.20. The van der Waals surface area contributed by atoms with Gasteiger partial charge in [0.05, 0.1) is 17.3 Å². The number of aromatic nitrogens is 2. The van der Waals surface area contributed by atoms with E-state index < -0.39 is 0 Å². The molecule has 2 aromatic heterocycles. The van der Waals surface area contributed by atoms with Gasteiger partial charge in [0.25, 0.3) is 5.56 Å². The normalized spacial score (nSPS) is 11.9. The molecule has 5 nitrogen and oxygen atoms in total. The SMILES string of the molecule is Cc1ccc([C@@H](C)C(=O)NCCn2nc(-c3cccs3)ccc2=O)cc1. The van der Waals surface area contributed by atoms with Crippen LogP contribution in [0.4, 0.5) is 0 Å². The second-order valence-corrected chi connectivity index (χ2v) is 7.13. The van der Waals surface area contributed by atoms with Crippen LogP contribution in [0.25, 0.3) is 10.6 Å². The minimum Gasteiger partial charge on any atom is -0.354 e. The number of hydrogen-bond acceptors (Lipinski definition) is 4. The van der Waals surface area contributed by atoms with Gasteiger partial charge in [-0.2, -0.15) is 5.10 Å². The van der Waals surface area contributed by atoms with Crippen molar-refractivity contribution in [3.63, 3.8) is 0 Å². The standard InChI is InChI=1S/C20H21N3O2S/c1-14-5-7-16(8-6-14)15(2)20(25)21-11-12-23-19(24)10-9-17(22-23)18-4-3-13-26-18/h3-10,13,15H,11-12H2,1-2H3,(H,21,25)/t15-/m1/s1. The Morgan fingerprint density at radius 2 is 1.96 bits per heavy atom. The van der Waals surface area contributed by atoms with E-state index in [4.69, 9.17) is 0 Å². The Morgan fingerprint density at radius 3 is 2.65 bits per heavy atom. The summed E-state index contributed by atoms with van der Waals surface area (Å²) < 4.78 is 1.39. The van der Waals surface area contributed by atoms with E-state index in [1.54, 1.807) is 17.4 Å². The van der Waals surface area contributed by atoms with E-state index in [0.717, 1.165) is 21.7 Å². The Labute approximate surface area is 156 Å². The molecular formula is C20H21N3O2S. The summed E-state index contributed by atoms with van der Waals surface area (Å²) in [6.45, 7) is 4.59. The zero-order chi connectivity index (χ0) is 18.5. The van der Waals surface area contributed by atoms with Crippen molar-refractivity contribution < 1.29 is 4.79 Å². The van der Waals surface area contributed by atoms with Crippen molar-refractivity contribution >= 4 is 17.2 Å². The topological polar surface area (TPSA) is 64.0 Å². The Hall–Kier alpha value is -2.73. The molecule has 26 heavy (non-hydrogen) atoms. The number of amides is 1. The van der Waals surface area contributed by atoms with Crippen LogP contribution in [0.1, 0.15) is 24.0 Å². The molecule has 6 heteroatoms. The van der Waals surface area contributed by atoms with Gasteiger partial charge in [0.1, 0.15) is 5.69 Å². The maximum atomic E-state index is 12.3. The van der Waals surface area contributed by atoms with Crippen LogP contribution in [-0.2, 0) is 11.3 Å². The van der Waals surface area contributed by atoms with Crippen LogP contribution < -0.4 is 10.9 Å². The number of nitrogens with one attached hydrogen (secondary N) is 1. The molecule has 0 spiro atoms. The van der Waals surface area contributed by atoms with Crippen molar-refractivity contribution in [1.29, 1.82) is 0 Å². The van der Waals surface area contributed by atoms with Gasteiger partial charge < -0.3 is 5.32 Å². The summed E-state index contributed by atoms with van der Waals surface area (Å²) in [5, 5.41) is 9.25. The number of benzene rings is 1. The van der Waals surface area contributed by atoms with Crippen molar-refractivity contribution in [2.24, 2.45) is 0 Å². The van der Waals surface area contributed by atoms with Crippen LogP contribution in [0.5, 0.6) is 0 Å². The van der Waals surface area contributed by atoms with Crippen LogP contribution in [0, 0.1) is 6.92 Å². The lowest BCUT2D eigenvalue weighted by atomic mass is 9.99. The van der Waals surface area contributed by atoms with Crippen LogP contribution in [-0.4, -0.2) is 22.2 Å². The minimum absolute atomic E-state index is 0.0590. The molecule has 0 aliphatic heterocycles. The fraction of sp³-hybridized carbons (Fsp3) is 0.250. The van der Waals surface area contributed by atoms with E-state index in [9.17, 15) is 9.59 Å². The molecule has 1 aromatic carbocycles. The molecule has 3 rings (SSSR count). The van der Waals surface area contributed by atoms with Crippen molar-refractivity contribution in [2.45, 2.75) is 26.3 Å². The van der Waals surface area contributed by atoms with E-state index >= 15 is 0 Å². The van der Waals surface area contributed by atoms with Gasteiger partial charge in [-0.3, -0.25) is 9.59 Å². The van der Waals surface area contributed by atoms with Crippen molar-refractivity contribution in [3.05, 3.63) is 75.4 Å². The number of carbonyl (C=O) groups is 1. The van der Waals surface area contributed by atoms with Crippen molar-refractivity contribution in [3.8, 4) is 10.6 Å². The zero-order valence-electron chi connectivity index (χ0n) is 14.8. The minimum atomic E-state index is -0.238. The third-order valence-corrected chi connectivity index (χ3v) is 5.13. The molecule has 0 aliphatic rings. The van der Waals surface area contributed by atoms with Gasteiger partial charge in [-0.15, -0.1) is 11.3 Å². The molecule has 1 atom stereocenters. The van der Waals surface area contributed by atoms with Gasteiger partial charge in [0.15, 0.2) is 0 Å². The Kier molecular flexibility index (Phi) is 5.63. The predicted molar refractivity (Wildman–Crippen MR) is 104 cm³/mol. The Balaban J connectivity index is 1.61. The monoisotopic (exact) mass is 367 g/mol. The van der Waals surface area contributed by atoms with E-state index in [-0.39, 0.29) is 17.4 Å². The number of carbonyl (C=O) groups excluding carboxylic acids is 1. The van der Waals surface area contributed by atoms with Crippen LogP contribution in [0.15, 0.2) is 58.7 Å². The molecule has 0 fully saturated rings. The highest BCUT2D eigenvalue weighted by Crippen LogP contribution is 2.21. The Bertz CT molecular complexity index is 930. The van der Waals surface area contributed by atoms with Gasteiger partial charge >= 0.3 is 0 Å². The first-order chi connectivity index (χ1) is 12.5. The van der Waals surface area contributed by atoms with Crippen LogP contribution in [0.3, 0.4) is 0 Å². The molecule has 0 radical (unpaired) electrons. The fourth-order valence-corrected chi connectivity index (χ4v) is 3.30. The summed E-state index contributed by atoms with van der Waals surface area (Å²) in [4.78, 5) is 25.3. The van der Waals surface area contributed by atoms with Gasteiger partial charge in [-0.05, 0) is 36.9 Å². The largest absolute Gasteiger partial charge is 0.354 e. The van der Waals surface area contributed by atoms with Crippen LogP contribution >= 0.6 is 11.3 Å². The Morgan fingerprint density at radius 1 is 1.19 bits per heavy atom. The first-order valence-electron chi connectivity index (χ1n) is 8.51. The average Bonchev–Trinajstić information content (AvgIpc) is 3.18. The molecule has 1 amide bonds. The van der Waals surface area contributed by atoms with Crippen LogP contribution in [0.2, 0.25) is 0 Å². The quantitative estimate of drug-likeness (QED) is 0.728. The smallest absolute Gasteiger partial charge is 0.266 e. The lowest BCUT2D eigenvalue weighted by Crippen LogP contribution is -2.34. The molecule has 3 aromatic rings. The first-order valence-corrected chi connectivity index (χ1v) is 9.39. The summed E-state index contributed by atoms with van der Waals surface area (Å²) in [5.41, 5.74) is 2.73. The first kappa shape index (κ1) is 18.1. The lowest BCUT2D eigenvalue weighted by Gasteiger charge is -2.13. The zero-order valence-corrected chi connectivity index (χ0v) is 15.6. The molecule has 134 valence electrons. The number of nitrogens with zero attached hydrogens (tertiary/aromatic N) is 2. The molecule has 0 unspecified atom stereocenters. The van der Waals surface area contributed by atoms with Crippen molar-refractivity contribution in [1.82, 2.24) is 15.1 Å².